The van der Waals surface area contributed by atoms with Gasteiger partial charge >= 0.3 is 0 Å². The maximum Gasteiger partial charge on any atom is 0.143 e. The lowest BCUT2D eigenvalue weighted by Crippen LogP contribution is -1.92. The molecule has 0 spiro atoms. The molecular weight excluding hydrogens is 609 g/mol. The largest absolute Gasteiger partial charge is 0.456 e. The standard InChI is InChI=1S/C48H28O2/c1-2-13-29(14-3-1)30-15-12-16-31(27-30)43-33-17-4-6-19-35(33)45(36-20-7-5-18-34(36)43)39-28-32-25-26-42-46(37-21-8-10-23-40(37)49-42)44(32)47-38-22-9-11-24-41(38)50-48(39)47/h1-28H. The molecule has 50 heavy (non-hydrogen) atoms. The van der Waals surface area contributed by atoms with Gasteiger partial charge in [0.25, 0.3) is 0 Å². The molecule has 0 saturated carbocycles. The van der Waals surface area contributed by atoms with Crippen LogP contribution < -0.4 is 0 Å². The van der Waals surface area contributed by atoms with Crippen molar-refractivity contribution < 1.29 is 8.83 Å². The van der Waals surface area contributed by atoms with Crippen LogP contribution in [-0.2, 0) is 0 Å². The Hall–Kier alpha value is -6.64. The van der Waals surface area contributed by atoms with Gasteiger partial charge in [0.15, 0.2) is 0 Å². The van der Waals surface area contributed by atoms with Crippen molar-refractivity contribution in [3.05, 3.63) is 170 Å². The SMILES string of the molecule is c1ccc(-c2cccc(-c3c4ccccc4c(-c4cc5ccc6oc7ccccc7c6c5c5c4oc4ccccc45)c4ccccc34)c2)cc1. The molecular formula is C48H28O2. The van der Waals surface area contributed by atoms with E-state index in [0.717, 1.165) is 54.8 Å². The van der Waals surface area contributed by atoms with Crippen molar-refractivity contribution in [2.75, 3.05) is 0 Å². The molecule has 0 bridgehead atoms. The van der Waals surface area contributed by atoms with E-state index in [4.69, 9.17) is 8.83 Å². The van der Waals surface area contributed by atoms with E-state index in [1.807, 2.05) is 6.07 Å². The molecule has 0 amide bonds. The first-order valence-corrected chi connectivity index (χ1v) is 17.1. The molecule has 0 atom stereocenters. The van der Waals surface area contributed by atoms with Crippen molar-refractivity contribution in [2.24, 2.45) is 0 Å². The van der Waals surface area contributed by atoms with Crippen LogP contribution in [0.5, 0.6) is 0 Å². The molecule has 2 aromatic heterocycles. The van der Waals surface area contributed by atoms with Crippen LogP contribution in [0.25, 0.3) is 110 Å². The number of para-hydroxylation sites is 2. The number of hydrogen-bond acceptors (Lipinski definition) is 2. The van der Waals surface area contributed by atoms with Crippen LogP contribution >= 0.6 is 0 Å². The first-order valence-electron chi connectivity index (χ1n) is 17.1. The lowest BCUT2D eigenvalue weighted by molar-refractivity contribution is 0.669. The summed E-state index contributed by atoms with van der Waals surface area (Å²) < 4.78 is 13.3. The lowest BCUT2D eigenvalue weighted by atomic mass is 9.84. The Kier molecular flexibility index (Phi) is 5.70. The Labute approximate surface area is 287 Å². The molecule has 0 aliphatic heterocycles. The van der Waals surface area contributed by atoms with Crippen molar-refractivity contribution in [3.63, 3.8) is 0 Å². The molecule has 0 saturated heterocycles. The summed E-state index contributed by atoms with van der Waals surface area (Å²) in [5.74, 6) is 0. The lowest BCUT2D eigenvalue weighted by Gasteiger charge is -2.19. The van der Waals surface area contributed by atoms with Crippen molar-refractivity contribution in [3.8, 4) is 33.4 Å². The van der Waals surface area contributed by atoms with Crippen molar-refractivity contribution in [1.29, 1.82) is 0 Å². The van der Waals surface area contributed by atoms with Gasteiger partial charge in [0.05, 0.1) is 0 Å². The van der Waals surface area contributed by atoms with E-state index >= 15 is 0 Å². The van der Waals surface area contributed by atoms with Crippen LogP contribution in [0.1, 0.15) is 0 Å². The molecule has 11 aromatic rings. The second kappa shape index (κ2) is 10.4. The van der Waals surface area contributed by atoms with Crippen LogP contribution in [0.2, 0.25) is 0 Å². The van der Waals surface area contributed by atoms with Gasteiger partial charge in [-0.1, -0.05) is 140 Å². The third-order valence-corrected chi connectivity index (χ3v) is 10.4. The highest BCUT2D eigenvalue weighted by atomic mass is 16.3. The Morgan fingerprint density at radius 1 is 0.300 bits per heavy atom. The van der Waals surface area contributed by atoms with Crippen LogP contribution in [-0.4, -0.2) is 0 Å². The topological polar surface area (TPSA) is 26.3 Å². The van der Waals surface area contributed by atoms with E-state index in [9.17, 15) is 0 Å². The summed E-state index contributed by atoms with van der Waals surface area (Å²) in [7, 11) is 0. The highest BCUT2D eigenvalue weighted by Crippen LogP contribution is 2.50. The molecule has 0 N–H and O–H groups in total. The number of hydrogen-bond donors (Lipinski definition) is 0. The first-order chi connectivity index (χ1) is 24.8. The predicted octanol–water partition coefficient (Wildman–Crippen LogP) is 13.9. The van der Waals surface area contributed by atoms with Crippen LogP contribution in [0.3, 0.4) is 0 Å². The van der Waals surface area contributed by atoms with Crippen molar-refractivity contribution in [1.82, 2.24) is 0 Å². The maximum atomic E-state index is 6.93. The van der Waals surface area contributed by atoms with Gasteiger partial charge in [-0.05, 0) is 79.5 Å². The molecule has 0 radical (unpaired) electrons. The number of rotatable bonds is 3. The van der Waals surface area contributed by atoms with E-state index in [-0.39, 0.29) is 0 Å². The third kappa shape index (κ3) is 3.85. The van der Waals surface area contributed by atoms with Gasteiger partial charge in [0, 0.05) is 38.1 Å². The molecule has 232 valence electrons. The Bertz CT molecular complexity index is 3080. The molecule has 2 heteroatoms. The molecule has 0 unspecified atom stereocenters. The molecule has 2 heterocycles. The van der Waals surface area contributed by atoms with E-state index in [2.05, 4.69) is 164 Å². The van der Waals surface area contributed by atoms with Gasteiger partial charge in [-0.3, -0.25) is 0 Å². The minimum absolute atomic E-state index is 0.879. The second-order valence-electron chi connectivity index (χ2n) is 13.1. The first kappa shape index (κ1) is 27.3. The van der Waals surface area contributed by atoms with Gasteiger partial charge in [-0.15, -0.1) is 0 Å². The summed E-state index contributed by atoms with van der Waals surface area (Å²) in [6.07, 6.45) is 0. The van der Waals surface area contributed by atoms with Crippen molar-refractivity contribution in [2.45, 2.75) is 0 Å². The monoisotopic (exact) mass is 636 g/mol. The van der Waals surface area contributed by atoms with Crippen LogP contribution in [0, 0.1) is 0 Å². The molecule has 9 aromatic carbocycles. The van der Waals surface area contributed by atoms with E-state index in [1.54, 1.807) is 0 Å². The number of benzene rings is 9. The minimum atomic E-state index is 0.879. The number of fused-ring (bicyclic) bond motifs is 11. The van der Waals surface area contributed by atoms with E-state index in [1.165, 1.54) is 54.7 Å². The Morgan fingerprint density at radius 3 is 1.54 bits per heavy atom. The minimum Gasteiger partial charge on any atom is -0.456 e. The van der Waals surface area contributed by atoms with E-state index < -0.39 is 0 Å². The van der Waals surface area contributed by atoms with Crippen molar-refractivity contribution >= 4 is 76.2 Å². The number of furan rings is 2. The molecule has 0 aliphatic rings. The summed E-state index contributed by atoms with van der Waals surface area (Å²) in [5.41, 5.74) is 10.7. The van der Waals surface area contributed by atoms with E-state index in [0.29, 0.717) is 0 Å². The predicted molar refractivity (Wildman–Crippen MR) is 210 cm³/mol. The fraction of sp³-hybridized carbons (Fsp3) is 0. The zero-order chi connectivity index (χ0) is 32.8. The fourth-order valence-electron chi connectivity index (χ4n) is 8.33. The zero-order valence-electron chi connectivity index (χ0n) is 27.0. The smallest absolute Gasteiger partial charge is 0.143 e. The van der Waals surface area contributed by atoms with Crippen LogP contribution in [0.15, 0.2) is 179 Å². The third-order valence-electron chi connectivity index (χ3n) is 10.4. The fourth-order valence-corrected chi connectivity index (χ4v) is 8.33. The van der Waals surface area contributed by atoms with Crippen LogP contribution in [0.4, 0.5) is 0 Å². The highest BCUT2D eigenvalue weighted by molar-refractivity contribution is 6.34. The van der Waals surface area contributed by atoms with Gasteiger partial charge in [0.2, 0.25) is 0 Å². The van der Waals surface area contributed by atoms with Gasteiger partial charge in [-0.25, -0.2) is 0 Å². The van der Waals surface area contributed by atoms with Gasteiger partial charge in [-0.2, -0.15) is 0 Å². The summed E-state index contributed by atoms with van der Waals surface area (Å²) in [5, 5.41) is 11.6. The highest BCUT2D eigenvalue weighted by Gasteiger charge is 2.24. The summed E-state index contributed by atoms with van der Waals surface area (Å²) in [6, 6.07) is 60.7. The van der Waals surface area contributed by atoms with Gasteiger partial charge in [0.1, 0.15) is 22.3 Å². The molecule has 0 fully saturated rings. The summed E-state index contributed by atoms with van der Waals surface area (Å²) in [6.45, 7) is 0. The maximum absolute atomic E-state index is 6.93. The normalized spacial score (nSPS) is 12.0. The molecule has 11 rings (SSSR count). The average molecular weight is 637 g/mol. The zero-order valence-corrected chi connectivity index (χ0v) is 27.0. The summed E-state index contributed by atoms with van der Waals surface area (Å²) in [4.78, 5) is 0. The molecule has 0 aliphatic carbocycles. The Balaban J connectivity index is 1.29. The summed E-state index contributed by atoms with van der Waals surface area (Å²) >= 11 is 0. The second-order valence-corrected chi connectivity index (χ2v) is 13.1. The Morgan fingerprint density at radius 2 is 0.840 bits per heavy atom. The average Bonchev–Trinajstić information content (AvgIpc) is 3.76. The quantitative estimate of drug-likeness (QED) is 0.180. The molecule has 2 nitrogen and oxygen atoms in total. The van der Waals surface area contributed by atoms with Gasteiger partial charge < -0.3 is 8.83 Å².